The number of hydrogen-bond donors (Lipinski definition) is 2. The van der Waals surface area contributed by atoms with Gasteiger partial charge in [-0.3, -0.25) is 4.79 Å². The van der Waals surface area contributed by atoms with Gasteiger partial charge in [-0.05, 0) is 42.2 Å². The van der Waals surface area contributed by atoms with Crippen molar-refractivity contribution >= 4 is 5.91 Å². The summed E-state index contributed by atoms with van der Waals surface area (Å²) in [6.45, 7) is 0.394. The number of carbonyl (C=O) groups excluding carboxylic acids is 1. The summed E-state index contributed by atoms with van der Waals surface area (Å²) in [6, 6.07) is 12.9. The smallest absolute Gasteiger partial charge is 0.248 e. The van der Waals surface area contributed by atoms with Crippen molar-refractivity contribution in [1.29, 1.82) is 0 Å². The van der Waals surface area contributed by atoms with Gasteiger partial charge in [0.25, 0.3) is 0 Å². The molecule has 2 aromatic rings. The normalized spacial score (nSPS) is 14.1. The summed E-state index contributed by atoms with van der Waals surface area (Å²) in [5, 5.41) is 3.36. The van der Waals surface area contributed by atoms with Crippen LogP contribution in [0, 0.1) is 5.82 Å². The molecule has 0 aromatic heterocycles. The molecule has 4 heteroatoms. The van der Waals surface area contributed by atoms with E-state index in [1.807, 2.05) is 12.1 Å². The molecule has 0 radical (unpaired) electrons. The van der Waals surface area contributed by atoms with Crippen LogP contribution in [0.15, 0.2) is 42.5 Å². The average Bonchev–Trinajstić information content (AvgIpc) is 2.89. The molecule has 3 N–H and O–H groups in total. The topological polar surface area (TPSA) is 55.1 Å². The lowest BCUT2D eigenvalue weighted by molar-refractivity contribution is 0.1000. The maximum Gasteiger partial charge on any atom is 0.248 e. The molecule has 1 amide bonds. The van der Waals surface area contributed by atoms with Crippen molar-refractivity contribution in [1.82, 2.24) is 5.32 Å². The Morgan fingerprint density at radius 3 is 2.48 bits per heavy atom. The highest BCUT2D eigenvalue weighted by Crippen LogP contribution is 2.22. The van der Waals surface area contributed by atoms with Crippen molar-refractivity contribution in [3.8, 4) is 0 Å². The highest BCUT2D eigenvalue weighted by molar-refractivity contribution is 5.92. The predicted molar refractivity (Wildman–Crippen MR) is 79.4 cm³/mol. The van der Waals surface area contributed by atoms with Gasteiger partial charge < -0.3 is 11.1 Å². The fourth-order valence-corrected chi connectivity index (χ4v) is 2.82. The number of nitrogens with one attached hydrogen (secondary N) is 1. The summed E-state index contributed by atoms with van der Waals surface area (Å²) in [7, 11) is 0. The van der Waals surface area contributed by atoms with Gasteiger partial charge in [0, 0.05) is 23.7 Å². The molecule has 2 aromatic carbocycles. The van der Waals surface area contributed by atoms with E-state index in [0.717, 1.165) is 12.8 Å². The fourth-order valence-electron chi connectivity index (χ4n) is 2.82. The Bertz CT molecular complexity index is 659. The van der Waals surface area contributed by atoms with Crippen LogP contribution < -0.4 is 11.1 Å². The van der Waals surface area contributed by atoms with Crippen molar-refractivity contribution in [3.05, 3.63) is 70.5 Å². The van der Waals surface area contributed by atoms with E-state index in [0.29, 0.717) is 23.7 Å². The second-order valence-corrected chi connectivity index (χ2v) is 5.43. The molecular weight excluding hydrogens is 267 g/mol. The van der Waals surface area contributed by atoms with Gasteiger partial charge in [-0.25, -0.2) is 4.39 Å². The number of carbonyl (C=O) groups is 1. The van der Waals surface area contributed by atoms with E-state index < -0.39 is 5.91 Å². The third kappa shape index (κ3) is 2.95. The zero-order valence-corrected chi connectivity index (χ0v) is 11.6. The van der Waals surface area contributed by atoms with Gasteiger partial charge in [0.1, 0.15) is 5.82 Å². The molecule has 0 saturated carbocycles. The molecule has 0 bridgehead atoms. The van der Waals surface area contributed by atoms with Crippen LogP contribution in [0.5, 0.6) is 0 Å². The number of primary amides is 1. The monoisotopic (exact) mass is 284 g/mol. The van der Waals surface area contributed by atoms with Crippen molar-refractivity contribution in [2.75, 3.05) is 0 Å². The van der Waals surface area contributed by atoms with Crippen LogP contribution in [0.4, 0.5) is 4.39 Å². The Kier molecular flexibility index (Phi) is 3.71. The number of rotatable bonds is 4. The van der Waals surface area contributed by atoms with E-state index in [4.69, 9.17) is 5.73 Å². The number of fused-ring (bicyclic) bond motifs is 1. The molecule has 1 aliphatic carbocycles. The number of amides is 1. The first kappa shape index (κ1) is 13.8. The molecule has 0 spiro atoms. The van der Waals surface area contributed by atoms with Crippen LogP contribution in [-0.4, -0.2) is 11.9 Å². The zero-order chi connectivity index (χ0) is 14.8. The number of nitrogens with two attached hydrogens (primary N) is 1. The molecule has 0 heterocycles. The van der Waals surface area contributed by atoms with E-state index in [1.54, 1.807) is 0 Å². The Morgan fingerprint density at radius 1 is 1.19 bits per heavy atom. The Labute approximate surface area is 123 Å². The summed E-state index contributed by atoms with van der Waals surface area (Å²) >= 11 is 0. The first-order valence-electron chi connectivity index (χ1n) is 7.02. The second-order valence-electron chi connectivity index (χ2n) is 5.43. The van der Waals surface area contributed by atoms with Crippen molar-refractivity contribution in [3.63, 3.8) is 0 Å². The minimum atomic E-state index is -0.537. The molecule has 108 valence electrons. The Balaban J connectivity index is 1.67. The minimum Gasteiger partial charge on any atom is -0.366 e. The van der Waals surface area contributed by atoms with Gasteiger partial charge in [0.2, 0.25) is 5.91 Å². The van der Waals surface area contributed by atoms with Crippen LogP contribution in [0.1, 0.15) is 27.0 Å². The minimum absolute atomic E-state index is 0.305. The van der Waals surface area contributed by atoms with Gasteiger partial charge >= 0.3 is 0 Å². The first-order valence-corrected chi connectivity index (χ1v) is 7.02. The molecule has 21 heavy (non-hydrogen) atoms. The van der Waals surface area contributed by atoms with Crippen LogP contribution in [0.25, 0.3) is 0 Å². The lowest BCUT2D eigenvalue weighted by Gasteiger charge is -2.13. The van der Waals surface area contributed by atoms with E-state index in [1.165, 1.54) is 29.3 Å². The summed E-state index contributed by atoms with van der Waals surface area (Å²) in [5.41, 5.74) is 8.73. The number of hydrogen-bond acceptors (Lipinski definition) is 2. The summed E-state index contributed by atoms with van der Waals surface area (Å²) in [6.07, 6.45) is 1.90. The largest absolute Gasteiger partial charge is 0.366 e. The van der Waals surface area contributed by atoms with Gasteiger partial charge in [0.05, 0.1) is 0 Å². The van der Waals surface area contributed by atoms with Crippen LogP contribution in [0.3, 0.4) is 0 Å². The Hall–Kier alpha value is -2.20. The third-order valence-corrected chi connectivity index (χ3v) is 3.96. The van der Waals surface area contributed by atoms with Crippen molar-refractivity contribution in [2.45, 2.75) is 25.4 Å². The van der Waals surface area contributed by atoms with E-state index in [-0.39, 0.29) is 5.82 Å². The maximum atomic E-state index is 13.8. The number of halogens is 1. The summed E-state index contributed by atoms with van der Waals surface area (Å²) in [5.74, 6) is -0.854. The fraction of sp³-hybridized carbons (Fsp3) is 0.235. The van der Waals surface area contributed by atoms with Crippen molar-refractivity contribution < 1.29 is 9.18 Å². The van der Waals surface area contributed by atoms with Crippen LogP contribution in [0.2, 0.25) is 0 Å². The first-order chi connectivity index (χ1) is 10.1. The maximum absolute atomic E-state index is 13.8. The van der Waals surface area contributed by atoms with Gasteiger partial charge in [0.15, 0.2) is 0 Å². The molecule has 0 atom stereocenters. The lowest BCUT2D eigenvalue weighted by atomic mass is 10.1. The van der Waals surface area contributed by atoms with Crippen LogP contribution >= 0.6 is 0 Å². The second kappa shape index (κ2) is 5.66. The van der Waals surface area contributed by atoms with Gasteiger partial charge in [-0.15, -0.1) is 0 Å². The molecule has 3 nitrogen and oxygen atoms in total. The molecule has 0 unspecified atom stereocenters. The predicted octanol–water partition coefficient (Wildman–Crippen LogP) is 2.18. The molecular formula is C17H17FN2O. The quantitative estimate of drug-likeness (QED) is 0.904. The molecule has 3 rings (SSSR count). The summed E-state index contributed by atoms with van der Waals surface area (Å²) in [4.78, 5) is 11.2. The van der Waals surface area contributed by atoms with E-state index in [9.17, 15) is 9.18 Å². The Morgan fingerprint density at radius 2 is 1.86 bits per heavy atom. The number of benzene rings is 2. The molecule has 1 aliphatic rings. The molecule has 0 saturated heterocycles. The summed E-state index contributed by atoms with van der Waals surface area (Å²) < 4.78 is 13.8. The van der Waals surface area contributed by atoms with E-state index in [2.05, 4.69) is 17.4 Å². The average molecular weight is 284 g/mol. The molecule has 0 fully saturated rings. The molecule has 0 aliphatic heterocycles. The zero-order valence-electron chi connectivity index (χ0n) is 11.6. The van der Waals surface area contributed by atoms with Gasteiger partial charge in [-0.1, -0.05) is 24.3 Å². The van der Waals surface area contributed by atoms with Crippen LogP contribution in [-0.2, 0) is 19.4 Å². The third-order valence-electron chi connectivity index (χ3n) is 3.96. The van der Waals surface area contributed by atoms with E-state index >= 15 is 0 Å². The SMILES string of the molecule is NC(=O)c1ccc(F)c(CNC2Cc3ccccc3C2)c1. The highest BCUT2D eigenvalue weighted by atomic mass is 19.1. The highest BCUT2D eigenvalue weighted by Gasteiger charge is 2.20. The lowest BCUT2D eigenvalue weighted by Crippen LogP contribution is -2.29. The van der Waals surface area contributed by atoms with Gasteiger partial charge in [-0.2, -0.15) is 0 Å². The standard InChI is InChI=1S/C17H17FN2O/c18-16-6-5-13(17(19)21)7-14(16)10-20-15-8-11-3-1-2-4-12(11)9-15/h1-7,15,20H,8-10H2,(H2,19,21). The van der Waals surface area contributed by atoms with Crippen molar-refractivity contribution in [2.24, 2.45) is 5.73 Å².